The van der Waals surface area contributed by atoms with Gasteiger partial charge >= 0.3 is 21.5 Å². The molecule has 0 heterocycles. The summed E-state index contributed by atoms with van der Waals surface area (Å²) in [4.78, 5) is 7.82. The normalized spacial score (nSPS) is 15.5. The van der Waals surface area contributed by atoms with E-state index in [2.05, 4.69) is 19.2 Å². The Kier molecular flexibility index (Phi) is 6.50. The summed E-state index contributed by atoms with van der Waals surface area (Å²) in [6.45, 7) is -2.01. The molecule has 1 atom stereocenters. The van der Waals surface area contributed by atoms with Crippen LogP contribution in [-0.4, -0.2) is 51.2 Å². The highest BCUT2D eigenvalue weighted by Gasteiger charge is 2.64. The number of rotatable bonds is 8. The fourth-order valence-electron chi connectivity index (χ4n) is 0.729. The number of methoxy groups -OCH3 is 1. The van der Waals surface area contributed by atoms with Crippen LogP contribution in [0.5, 0.6) is 0 Å². The van der Waals surface area contributed by atoms with E-state index in [9.17, 15) is 30.4 Å². The van der Waals surface area contributed by atoms with Crippen LogP contribution in [0.4, 0.5) is 22.0 Å². The monoisotopic (exact) mass is 320 g/mol. The molecule has 0 radical (unpaired) electrons. The van der Waals surface area contributed by atoms with Crippen molar-refractivity contribution in [3.8, 4) is 0 Å². The second kappa shape index (κ2) is 6.71. The number of alkyl halides is 5. The highest BCUT2D eigenvalue weighted by atomic mass is 32.2. The molecule has 0 aromatic carbocycles. The van der Waals surface area contributed by atoms with Crippen LogP contribution in [0.3, 0.4) is 0 Å². The zero-order valence-electron chi connectivity index (χ0n) is 9.19. The molecular weight excluding hydrogens is 311 g/mol. The smallest absolute Gasteiger partial charge is 0.355 e. The Morgan fingerprint density at radius 1 is 1.11 bits per heavy atom. The lowest BCUT2D eigenvalue weighted by molar-refractivity contribution is -0.388. The Labute approximate surface area is 103 Å². The molecule has 0 bridgehead atoms. The van der Waals surface area contributed by atoms with Crippen molar-refractivity contribution in [3.05, 3.63) is 0 Å². The molecule has 0 saturated carbocycles. The maximum absolute atomic E-state index is 12.9. The Morgan fingerprint density at radius 2 is 1.58 bits per heavy atom. The van der Waals surface area contributed by atoms with Crippen LogP contribution in [0.25, 0.3) is 0 Å². The zero-order valence-corrected chi connectivity index (χ0v) is 10.0. The minimum absolute atomic E-state index is 0.533. The predicted molar refractivity (Wildman–Crippen MR) is 46.3 cm³/mol. The van der Waals surface area contributed by atoms with Gasteiger partial charge in [0, 0.05) is 7.11 Å². The molecule has 0 saturated heterocycles. The third-order valence-electron chi connectivity index (χ3n) is 1.48. The number of hydrogen-bond donors (Lipinski definition) is 1. The zero-order chi connectivity index (χ0) is 15.3. The SMILES string of the molecule is COCOOCOC(C(F)(F)F)C(F)(F)S(=O)(=O)O. The van der Waals surface area contributed by atoms with Crippen molar-refractivity contribution in [1.82, 2.24) is 0 Å². The molecule has 1 unspecified atom stereocenters. The Morgan fingerprint density at radius 3 is 1.95 bits per heavy atom. The fraction of sp³-hybridized carbons (Fsp3) is 1.00. The van der Waals surface area contributed by atoms with Gasteiger partial charge in [-0.15, -0.1) is 0 Å². The summed E-state index contributed by atoms with van der Waals surface area (Å²) in [5, 5.41) is -5.60. The van der Waals surface area contributed by atoms with Crippen molar-refractivity contribution >= 4 is 10.1 Å². The molecule has 7 nitrogen and oxygen atoms in total. The summed E-state index contributed by atoms with van der Waals surface area (Å²) >= 11 is 0. The number of hydrogen-bond acceptors (Lipinski definition) is 6. The van der Waals surface area contributed by atoms with Gasteiger partial charge in [0.05, 0.1) is 0 Å². The number of ether oxygens (including phenoxy) is 2. The van der Waals surface area contributed by atoms with Crippen molar-refractivity contribution in [2.24, 2.45) is 0 Å². The van der Waals surface area contributed by atoms with Gasteiger partial charge in [0.2, 0.25) is 6.10 Å². The van der Waals surface area contributed by atoms with Crippen molar-refractivity contribution in [2.75, 3.05) is 20.7 Å². The molecule has 0 fully saturated rings. The molecule has 0 amide bonds. The van der Waals surface area contributed by atoms with Gasteiger partial charge in [-0.25, -0.2) is 9.78 Å². The van der Waals surface area contributed by atoms with Gasteiger partial charge in [0.15, 0.2) is 13.6 Å². The first-order chi connectivity index (χ1) is 8.44. The second-order valence-electron chi connectivity index (χ2n) is 2.89. The van der Waals surface area contributed by atoms with Crippen LogP contribution in [0.15, 0.2) is 0 Å². The lowest BCUT2D eigenvalue weighted by Crippen LogP contribution is -2.51. The van der Waals surface area contributed by atoms with Gasteiger partial charge < -0.3 is 9.47 Å². The van der Waals surface area contributed by atoms with Crippen LogP contribution < -0.4 is 0 Å². The molecule has 0 aliphatic rings. The average Bonchev–Trinajstić information content (AvgIpc) is 2.19. The first kappa shape index (κ1) is 18.4. The van der Waals surface area contributed by atoms with E-state index in [0.29, 0.717) is 0 Å². The maximum Gasteiger partial charge on any atom is 0.421 e. The van der Waals surface area contributed by atoms with Crippen LogP contribution in [0.1, 0.15) is 0 Å². The lowest BCUT2D eigenvalue weighted by atomic mass is 10.3. The number of halogens is 5. The van der Waals surface area contributed by atoms with E-state index >= 15 is 0 Å². The Balaban J connectivity index is 4.77. The van der Waals surface area contributed by atoms with E-state index in [1.165, 1.54) is 0 Å². The molecule has 13 heteroatoms. The van der Waals surface area contributed by atoms with Crippen molar-refractivity contribution < 1.29 is 54.2 Å². The van der Waals surface area contributed by atoms with E-state index in [-0.39, 0.29) is 0 Å². The van der Waals surface area contributed by atoms with E-state index in [1.54, 1.807) is 0 Å². The molecule has 116 valence electrons. The molecule has 0 aliphatic heterocycles. The van der Waals surface area contributed by atoms with Crippen LogP contribution in [0, 0.1) is 0 Å². The van der Waals surface area contributed by atoms with Crippen molar-refractivity contribution in [2.45, 2.75) is 17.5 Å². The topological polar surface area (TPSA) is 91.3 Å². The van der Waals surface area contributed by atoms with Gasteiger partial charge in [-0.2, -0.15) is 30.4 Å². The minimum Gasteiger partial charge on any atom is -0.355 e. The van der Waals surface area contributed by atoms with Crippen molar-refractivity contribution in [3.63, 3.8) is 0 Å². The third-order valence-corrected chi connectivity index (χ3v) is 2.38. The Bertz CT molecular complexity index is 367. The molecule has 0 spiro atoms. The Hall–Kier alpha value is -0.600. The van der Waals surface area contributed by atoms with Crippen molar-refractivity contribution in [1.29, 1.82) is 0 Å². The summed E-state index contributed by atoms with van der Waals surface area (Å²) in [6, 6.07) is 0. The first-order valence-electron chi connectivity index (χ1n) is 4.21. The maximum atomic E-state index is 12.9. The summed E-state index contributed by atoms with van der Waals surface area (Å²) in [6.07, 6.45) is -9.90. The van der Waals surface area contributed by atoms with Crippen LogP contribution >= 0.6 is 0 Å². The summed E-state index contributed by atoms with van der Waals surface area (Å²) in [7, 11) is -5.20. The standard InChI is InChI=1S/C6H9F5O7S/c1-15-2-17-18-3-16-4(5(7,8)9)6(10,11)19(12,13)14/h4H,2-3H2,1H3,(H,12,13,14). The average molecular weight is 320 g/mol. The van der Waals surface area contributed by atoms with Gasteiger partial charge in [0.1, 0.15) is 0 Å². The fourth-order valence-corrected chi connectivity index (χ4v) is 1.20. The van der Waals surface area contributed by atoms with E-state index in [4.69, 9.17) is 4.55 Å². The molecule has 0 rings (SSSR count). The minimum atomic E-state index is -6.33. The van der Waals surface area contributed by atoms with Crippen LogP contribution in [-0.2, 0) is 29.4 Å². The van der Waals surface area contributed by atoms with E-state index < -0.39 is 41.2 Å². The van der Waals surface area contributed by atoms with Gasteiger partial charge in [-0.3, -0.25) is 4.55 Å². The van der Waals surface area contributed by atoms with Gasteiger partial charge in [0.25, 0.3) is 0 Å². The second-order valence-corrected chi connectivity index (χ2v) is 4.38. The predicted octanol–water partition coefficient (Wildman–Crippen LogP) is 0.924. The molecule has 0 aromatic heterocycles. The third kappa shape index (κ3) is 5.50. The summed E-state index contributed by atoms with van der Waals surface area (Å²) < 4.78 is 98.6. The highest BCUT2D eigenvalue weighted by Crippen LogP contribution is 2.37. The molecule has 19 heavy (non-hydrogen) atoms. The van der Waals surface area contributed by atoms with E-state index in [1.807, 2.05) is 0 Å². The highest BCUT2D eigenvalue weighted by molar-refractivity contribution is 7.86. The summed E-state index contributed by atoms with van der Waals surface area (Å²) in [5.74, 6) is 0. The molecular formula is C6H9F5O7S. The largest absolute Gasteiger partial charge is 0.421 e. The van der Waals surface area contributed by atoms with Gasteiger partial charge in [-0.1, -0.05) is 0 Å². The molecule has 0 aliphatic carbocycles. The van der Waals surface area contributed by atoms with Gasteiger partial charge in [-0.05, 0) is 0 Å². The lowest BCUT2D eigenvalue weighted by Gasteiger charge is -2.25. The van der Waals surface area contributed by atoms with E-state index in [0.717, 1.165) is 7.11 Å². The summed E-state index contributed by atoms with van der Waals surface area (Å²) in [5.41, 5.74) is 0. The molecule has 1 N–H and O–H groups in total. The molecule has 0 aromatic rings. The quantitative estimate of drug-likeness (QED) is 0.178. The first-order valence-corrected chi connectivity index (χ1v) is 5.65. The van der Waals surface area contributed by atoms with Crippen LogP contribution in [0.2, 0.25) is 0 Å².